The van der Waals surface area contributed by atoms with Crippen molar-refractivity contribution in [1.82, 2.24) is 14.9 Å². The Morgan fingerprint density at radius 2 is 1.85 bits per heavy atom. The molecule has 0 aliphatic carbocycles. The molecule has 4 rings (SSSR count). The van der Waals surface area contributed by atoms with E-state index in [0.29, 0.717) is 40.4 Å². The lowest BCUT2D eigenvalue weighted by Gasteiger charge is -2.13. The van der Waals surface area contributed by atoms with Crippen LogP contribution in [0.1, 0.15) is 32.0 Å². The van der Waals surface area contributed by atoms with Crippen molar-refractivity contribution in [3.63, 3.8) is 0 Å². The van der Waals surface area contributed by atoms with Crippen LogP contribution >= 0.6 is 23.1 Å². The van der Waals surface area contributed by atoms with Gasteiger partial charge in [-0.3, -0.25) is 19.3 Å². The van der Waals surface area contributed by atoms with Gasteiger partial charge in [0, 0.05) is 17.2 Å². The number of benzene rings is 1. The maximum atomic E-state index is 12.3. The lowest BCUT2D eigenvalue weighted by atomic mass is 10.1. The molecule has 2 amide bonds. The minimum Gasteiger partial charge on any atom is -0.301 e. The van der Waals surface area contributed by atoms with Crippen LogP contribution in [0.3, 0.4) is 0 Å². The topological polar surface area (TPSA) is 83.1 Å². The van der Waals surface area contributed by atoms with Crippen LogP contribution in [0.4, 0.5) is 0 Å². The molecule has 132 valence electrons. The molecule has 0 saturated carbocycles. The molecule has 0 radical (unpaired) electrons. The Kier molecular flexibility index (Phi) is 4.37. The van der Waals surface area contributed by atoms with Crippen LogP contribution in [0, 0.1) is 6.92 Å². The number of imide groups is 1. The van der Waals surface area contributed by atoms with Crippen molar-refractivity contribution in [2.24, 2.45) is 0 Å². The van der Waals surface area contributed by atoms with E-state index in [-0.39, 0.29) is 17.4 Å². The average Bonchev–Trinajstić information content (AvgIpc) is 3.11. The van der Waals surface area contributed by atoms with Gasteiger partial charge in [-0.1, -0.05) is 23.9 Å². The van der Waals surface area contributed by atoms with Gasteiger partial charge in [0.25, 0.3) is 17.4 Å². The maximum Gasteiger partial charge on any atom is 0.261 e. The quantitative estimate of drug-likeness (QED) is 0.316. The number of carbonyl (C=O) groups excluding carboxylic acids is 2. The van der Waals surface area contributed by atoms with E-state index in [0.717, 1.165) is 9.71 Å². The van der Waals surface area contributed by atoms with Crippen LogP contribution in [0.15, 0.2) is 40.3 Å². The molecule has 3 aromatic rings. The van der Waals surface area contributed by atoms with Crippen LogP contribution in [0.25, 0.3) is 10.2 Å². The smallest absolute Gasteiger partial charge is 0.261 e. The van der Waals surface area contributed by atoms with Crippen LogP contribution in [0.5, 0.6) is 0 Å². The number of nitrogens with one attached hydrogen (secondary N) is 1. The third-order valence-electron chi connectivity index (χ3n) is 4.15. The fourth-order valence-electron chi connectivity index (χ4n) is 2.93. The molecule has 8 heteroatoms. The van der Waals surface area contributed by atoms with Gasteiger partial charge in [0.2, 0.25) is 0 Å². The predicted octanol–water partition coefficient (Wildman–Crippen LogP) is 3.07. The lowest BCUT2D eigenvalue weighted by Crippen LogP contribution is -2.31. The zero-order valence-corrected chi connectivity index (χ0v) is 15.6. The molecule has 0 bridgehead atoms. The maximum absolute atomic E-state index is 12.3. The summed E-state index contributed by atoms with van der Waals surface area (Å²) in [7, 11) is 0. The zero-order valence-electron chi connectivity index (χ0n) is 13.9. The molecular formula is C18H15N3O3S2. The molecule has 0 saturated heterocycles. The van der Waals surface area contributed by atoms with Crippen LogP contribution in [-0.2, 0) is 0 Å². The molecule has 0 fully saturated rings. The summed E-state index contributed by atoms with van der Waals surface area (Å²) in [6.07, 6.45) is 0.626. The second-order valence-corrected chi connectivity index (χ2v) is 8.27. The summed E-state index contributed by atoms with van der Waals surface area (Å²) in [6.45, 7) is 2.30. The van der Waals surface area contributed by atoms with Crippen molar-refractivity contribution < 1.29 is 9.59 Å². The Labute approximate surface area is 157 Å². The Hall–Kier alpha value is -2.45. The standard InChI is InChI=1S/C18H15N3O3S2/c1-10-9-13-14(22)19-18(20-15(13)26-10)25-8-4-7-21-16(23)11-5-2-3-6-12(11)17(21)24/h2-3,5-6,9H,4,7-8H2,1H3,(H,19,20,22). The molecule has 1 N–H and O–H groups in total. The fourth-order valence-corrected chi connectivity index (χ4v) is 4.66. The number of thiophene rings is 1. The molecular weight excluding hydrogens is 370 g/mol. The summed E-state index contributed by atoms with van der Waals surface area (Å²) < 4.78 is 0. The SMILES string of the molecule is Cc1cc2c(=O)[nH]c(SCCCN3C(=O)c4ccccc4C3=O)nc2s1. The van der Waals surface area contributed by atoms with Crippen molar-refractivity contribution >= 4 is 45.1 Å². The van der Waals surface area contributed by atoms with E-state index in [4.69, 9.17) is 0 Å². The first-order valence-electron chi connectivity index (χ1n) is 8.13. The van der Waals surface area contributed by atoms with Crippen molar-refractivity contribution in [2.45, 2.75) is 18.5 Å². The normalized spacial score (nSPS) is 13.7. The highest BCUT2D eigenvalue weighted by molar-refractivity contribution is 7.99. The third kappa shape index (κ3) is 2.95. The number of hydrogen-bond acceptors (Lipinski definition) is 6. The number of H-pyrrole nitrogens is 1. The molecule has 0 atom stereocenters. The van der Waals surface area contributed by atoms with Gasteiger partial charge in [-0.2, -0.15) is 0 Å². The third-order valence-corrected chi connectivity index (χ3v) is 6.05. The molecule has 3 heterocycles. The Morgan fingerprint density at radius 1 is 1.15 bits per heavy atom. The average molecular weight is 385 g/mol. The second-order valence-electron chi connectivity index (χ2n) is 5.96. The van der Waals surface area contributed by atoms with Crippen molar-refractivity contribution in [2.75, 3.05) is 12.3 Å². The monoisotopic (exact) mass is 385 g/mol. The van der Waals surface area contributed by atoms with Gasteiger partial charge in [-0.25, -0.2) is 4.98 Å². The summed E-state index contributed by atoms with van der Waals surface area (Å²) >= 11 is 2.91. The number of rotatable bonds is 5. The Bertz CT molecular complexity index is 1050. The molecule has 1 aliphatic rings. The van der Waals surface area contributed by atoms with Crippen LogP contribution in [-0.4, -0.2) is 39.0 Å². The van der Waals surface area contributed by atoms with E-state index in [1.165, 1.54) is 28.0 Å². The molecule has 2 aromatic heterocycles. The largest absolute Gasteiger partial charge is 0.301 e. The Balaban J connectivity index is 1.38. The highest BCUT2D eigenvalue weighted by Crippen LogP contribution is 2.24. The first-order chi connectivity index (χ1) is 12.5. The van der Waals surface area contributed by atoms with Gasteiger partial charge in [-0.05, 0) is 31.5 Å². The molecule has 26 heavy (non-hydrogen) atoms. The van der Waals surface area contributed by atoms with Gasteiger partial charge in [0.05, 0.1) is 16.5 Å². The van der Waals surface area contributed by atoms with Crippen molar-refractivity contribution in [3.8, 4) is 0 Å². The van der Waals surface area contributed by atoms with Gasteiger partial charge in [0.1, 0.15) is 4.83 Å². The highest BCUT2D eigenvalue weighted by Gasteiger charge is 2.34. The molecule has 6 nitrogen and oxygen atoms in total. The Morgan fingerprint density at radius 3 is 2.54 bits per heavy atom. The van der Waals surface area contributed by atoms with Gasteiger partial charge in [-0.15, -0.1) is 11.3 Å². The van der Waals surface area contributed by atoms with E-state index in [9.17, 15) is 14.4 Å². The minimum atomic E-state index is -0.238. The van der Waals surface area contributed by atoms with Gasteiger partial charge >= 0.3 is 0 Å². The summed E-state index contributed by atoms with van der Waals surface area (Å²) in [5.74, 6) is 0.168. The first kappa shape index (κ1) is 17.0. The molecule has 0 spiro atoms. The summed E-state index contributed by atoms with van der Waals surface area (Å²) in [5, 5.41) is 1.18. The number of carbonyl (C=O) groups is 2. The number of aryl methyl sites for hydroxylation is 1. The van der Waals surface area contributed by atoms with E-state index < -0.39 is 0 Å². The summed E-state index contributed by atoms with van der Waals surface area (Å²) in [4.78, 5) is 47.0. The van der Waals surface area contributed by atoms with Gasteiger partial charge in [0.15, 0.2) is 5.16 Å². The fraction of sp³-hybridized carbons (Fsp3) is 0.222. The summed E-state index contributed by atoms with van der Waals surface area (Å²) in [5.41, 5.74) is 0.798. The number of aromatic nitrogens is 2. The minimum absolute atomic E-state index is 0.137. The van der Waals surface area contributed by atoms with Gasteiger partial charge < -0.3 is 4.98 Å². The number of thioether (sulfide) groups is 1. The van der Waals surface area contributed by atoms with Crippen LogP contribution < -0.4 is 5.56 Å². The number of nitrogens with zero attached hydrogens (tertiary/aromatic N) is 2. The van der Waals surface area contributed by atoms with E-state index in [2.05, 4.69) is 9.97 Å². The summed E-state index contributed by atoms with van der Waals surface area (Å²) in [6, 6.07) is 8.71. The predicted molar refractivity (Wildman–Crippen MR) is 102 cm³/mol. The molecule has 1 aromatic carbocycles. The number of fused-ring (bicyclic) bond motifs is 2. The highest BCUT2D eigenvalue weighted by atomic mass is 32.2. The van der Waals surface area contributed by atoms with E-state index in [1.54, 1.807) is 24.3 Å². The number of amides is 2. The first-order valence-corrected chi connectivity index (χ1v) is 9.93. The van der Waals surface area contributed by atoms with E-state index >= 15 is 0 Å². The molecule has 1 aliphatic heterocycles. The lowest BCUT2D eigenvalue weighted by molar-refractivity contribution is 0.0655. The van der Waals surface area contributed by atoms with E-state index in [1.807, 2.05) is 13.0 Å². The van der Waals surface area contributed by atoms with Crippen molar-refractivity contribution in [3.05, 3.63) is 56.7 Å². The van der Waals surface area contributed by atoms with Crippen molar-refractivity contribution in [1.29, 1.82) is 0 Å². The second kappa shape index (κ2) is 6.69. The molecule has 0 unspecified atom stereocenters. The number of hydrogen-bond donors (Lipinski definition) is 1. The van der Waals surface area contributed by atoms with Crippen LogP contribution in [0.2, 0.25) is 0 Å². The zero-order chi connectivity index (χ0) is 18.3. The number of aromatic amines is 1.